The van der Waals surface area contributed by atoms with Gasteiger partial charge in [0, 0.05) is 18.7 Å². The van der Waals surface area contributed by atoms with Gasteiger partial charge in [-0.2, -0.15) is 0 Å². The number of rotatable bonds is 6. The highest BCUT2D eigenvalue weighted by Gasteiger charge is 2.31. The zero-order chi connectivity index (χ0) is 13.1. The molecule has 0 saturated heterocycles. The molecule has 1 aliphatic carbocycles. The van der Waals surface area contributed by atoms with Gasteiger partial charge in [-0.1, -0.05) is 6.92 Å². The van der Waals surface area contributed by atoms with Gasteiger partial charge in [-0.3, -0.25) is 0 Å². The van der Waals surface area contributed by atoms with E-state index >= 15 is 0 Å². The smallest absolute Gasteiger partial charge is 0.339 e. The summed E-state index contributed by atoms with van der Waals surface area (Å²) in [5.41, 5.74) is 0.901. The lowest BCUT2D eigenvalue weighted by Gasteiger charge is -2.15. The molecule has 0 aliphatic heterocycles. The number of aromatic nitrogens is 2. The minimum absolute atomic E-state index is 0.143. The maximum Gasteiger partial charge on any atom is 0.339 e. The summed E-state index contributed by atoms with van der Waals surface area (Å²) in [6.45, 7) is 4.53. The number of hydrogen-bond acceptors (Lipinski definition) is 4. The highest BCUT2D eigenvalue weighted by atomic mass is 16.5. The fraction of sp³-hybridized carbons (Fsp3) is 0.615. The van der Waals surface area contributed by atoms with Crippen LogP contribution in [0, 0.1) is 0 Å². The number of ether oxygens (including phenoxy) is 1. The molecule has 0 spiro atoms. The lowest BCUT2D eigenvalue weighted by molar-refractivity contribution is 0.0530. The molecule has 2 rings (SSSR count). The summed E-state index contributed by atoms with van der Waals surface area (Å²) in [5, 5.41) is 9.12. The first kappa shape index (κ1) is 13.0. The Morgan fingerprint density at radius 1 is 1.56 bits per heavy atom. The van der Waals surface area contributed by atoms with E-state index in [2.05, 4.69) is 9.97 Å². The molecule has 1 aliphatic rings. The predicted molar refractivity (Wildman–Crippen MR) is 65.6 cm³/mol. The number of hydrogen-bond donors (Lipinski definition) is 1. The molecule has 1 saturated carbocycles. The maximum absolute atomic E-state index is 11.1. The van der Waals surface area contributed by atoms with E-state index in [0.717, 1.165) is 19.3 Å². The van der Waals surface area contributed by atoms with Crippen molar-refractivity contribution >= 4 is 5.97 Å². The van der Waals surface area contributed by atoms with E-state index < -0.39 is 5.97 Å². The van der Waals surface area contributed by atoms with Crippen LogP contribution in [-0.4, -0.2) is 27.7 Å². The molecule has 5 nitrogen and oxygen atoms in total. The van der Waals surface area contributed by atoms with Crippen LogP contribution < -0.4 is 0 Å². The van der Waals surface area contributed by atoms with Crippen LogP contribution >= 0.6 is 0 Å². The second kappa shape index (κ2) is 5.44. The molecule has 0 radical (unpaired) electrons. The first-order valence-corrected chi connectivity index (χ1v) is 6.39. The van der Waals surface area contributed by atoms with E-state index in [4.69, 9.17) is 9.84 Å². The number of carbonyl (C=O) groups is 1. The van der Waals surface area contributed by atoms with Crippen LogP contribution in [0.25, 0.3) is 0 Å². The van der Waals surface area contributed by atoms with Gasteiger partial charge in [0.25, 0.3) is 0 Å². The highest BCUT2D eigenvalue weighted by Crippen LogP contribution is 2.40. The van der Waals surface area contributed by atoms with Crippen LogP contribution in [-0.2, 0) is 4.74 Å². The second-order valence-corrected chi connectivity index (χ2v) is 4.46. The van der Waals surface area contributed by atoms with Gasteiger partial charge in [-0.05, 0) is 26.2 Å². The van der Waals surface area contributed by atoms with Gasteiger partial charge in [-0.25, -0.2) is 14.8 Å². The van der Waals surface area contributed by atoms with Crippen LogP contribution in [0.5, 0.6) is 0 Å². The molecule has 1 unspecified atom stereocenters. The zero-order valence-corrected chi connectivity index (χ0v) is 10.7. The Morgan fingerprint density at radius 3 is 2.78 bits per heavy atom. The molecule has 1 N–H and O–H groups in total. The summed E-state index contributed by atoms with van der Waals surface area (Å²) in [4.78, 5) is 19.7. The second-order valence-electron chi connectivity index (χ2n) is 4.46. The van der Waals surface area contributed by atoms with Crippen molar-refractivity contribution in [3.05, 3.63) is 23.3 Å². The standard InChI is InChI=1S/C13H18N2O3/c1-3-10(18-4-2)12-14-7-9(13(16)17)11(15-12)8-5-6-8/h7-8,10H,3-6H2,1-2H3,(H,16,17). The highest BCUT2D eigenvalue weighted by molar-refractivity contribution is 5.88. The molecular weight excluding hydrogens is 232 g/mol. The summed E-state index contributed by atoms with van der Waals surface area (Å²) < 4.78 is 5.56. The topological polar surface area (TPSA) is 72.3 Å². The predicted octanol–water partition coefficient (Wildman–Crippen LogP) is 2.54. The third kappa shape index (κ3) is 2.67. The Morgan fingerprint density at radius 2 is 2.28 bits per heavy atom. The molecule has 98 valence electrons. The summed E-state index contributed by atoms with van der Waals surface area (Å²) in [5.74, 6) is -0.0591. The normalized spacial score (nSPS) is 16.6. The summed E-state index contributed by atoms with van der Waals surface area (Å²) in [6, 6.07) is 0. The van der Waals surface area contributed by atoms with Crippen molar-refractivity contribution in [2.24, 2.45) is 0 Å². The van der Waals surface area contributed by atoms with Gasteiger partial charge in [-0.15, -0.1) is 0 Å². The van der Waals surface area contributed by atoms with E-state index in [1.165, 1.54) is 6.20 Å². The quantitative estimate of drug-likeness (QED) is 0.840. The molecule has 0 bridgehead atoms. The molecule has 1 aromatic heterocycles. The Labute approximate surface area is 106 Å². The van der Waals surface area contributed by atoms with Gasteiger partial charge in [0.1, 0.15) is 6.10 Å². The van der Waals surface area contributed by atoms with Gasteiger partial charge in [0.05, 0.1) is 11.3 Å². The van der Waals surface area contributed by atoms with Crippen molar-refractivity contribution in [3.63, 3.8) is 0 Å². The lowest BCUT2D eigenvalue weighted by atomic mass is 10.1. The van der Waals surface area contributed by atoms with Crippen LogP contribution in [0.2, 0.25) is 0 Å². The van der Waals surface area contributed by atoms with Crippen molar-refractivity contribution in [1.82, 2.24) is 9.97 Å². The molecule has 1 heterocycles. The molecule has 5 heteroatoms. The fourth-order valence-corrected chi connectivity index (χ4v) is 1.97. The first-order valence-electron chi connectivity index (χ1n) is 6.39. The maximum atomic E-state index is 11.1. The number of aromatic carboxylic acids is 1. The Bertz CT molecular complexity index is 444. The van der Waals surface area contributed by atoms with E-state index in [1.807, 2.05) is 13.8 Å². The zero-order valence-electron chi connectivity index (χ0n) is 10.7. The summed E-state index contributed by atoms with van der Waals surface area (Å²) in [6.07, 6.45) is 4.09. The molecule has 0 amide bonds. The average molecular weight is 250 g/mol. The van der Waals surface area contributed by atoms with Crippen molar-refractivity contribution in [1.29, 1.82) is 0 Å². The lowest BCUT2D eigenvalue weighted by Crippen LogP contribution is -2.13. The average Bonchev–Trinajstić information content (AvgIpc) is 3.19. The van der Waals surface area contributed by atoms with E-state index in [9.17, 15) is 4.79 Å². The molecular formula is C13H18N2O3. The van der Waals surface area contributed by atoms with Crippen LogP contribution in [0.1, 0.15) is 67.0 Å². The fourth-order valence-electron chi connectivity index (χ4n) is 1.97. The van der Waals surface area contributed by atoms with Gasteiger partial charge in [0.15, 0.2) is 5.82 Å². The Hall–Kier alpha value is -1.49. The number of nitrogens with zero attached hydrogens (tertiary/aromatic N) is 2. The summed E-state index contributed by atoms with van der Waals surface area (Å²) >= 11 is 0. The van der Waals surface area contributed by atoms with Gasteiger partial charge < -0.3 is 9.84 Å². The third-order valence-corrected chi connectivity index (χ3v) is 3.06. The molecule has 1 fully saturated rings. The monoisotopic (exact) mass is 250 g/mol. The first-order chi connectivity index (χ1) is 8.67. The van der Waals surface area contributed by atoms with Crippen molar-refractivity contribution < 1.29 is 14.6 Å². The molecule has 1 aromatic rings. The molecule has 18 heavy (non-hydrogen) atoms. The van der Waals surface area contributed by atoms with E-state index in [-0.39, 0.29) is 17.6 Å². The largest absolute Gasteiger partial charge is 0.478 e. The van der Waals surface area contributed by atoms with Crippen LogP contribution in [0.15, 0.2) is 6.20 Å². The number of carboxylic acid groups (broad SMARTS) is 1. The van der Waals surface area contributed by atoms with E-state index in [0.29, 0.717) is 18.1 Å². The Balaban J connectivity index is 2.33. The summed E-state index contributed by atoms with van der Waals surface area (Å²) in [7, 11) is 0. The van der Waals surface area contributed by atoms with Crippen LogP contribution in [0.4, 0.5) is 0 Å². The minimum atomic E-state index is -0.951. The number of carboxylic acids is 1. The molecule has 1 atom stereocenters. The van der Waals surface area contributed by atoms with E-state index in [1.54, 1.807) is 0 Å². The SMILES string of the molecule is CCOC(CC)c1ncc(C(=O)O)c(C2CC2)n1. The minimum Gasteiger partial charge on any atom is -0.478 e. The Kier molecular flexibility index (Phi) is 3.91. The van der Waals surface area contributed by atoms with Gasteiger partial charge in [0.2, 0.25) is 0 Å². The van der Waals surface area contributed by atoms with Crippen LogP contribution in [0.3, 0.4) is 0 Å². The van der Waals surface area contributed by atoms with Crippen molar-refractivity contribution in [2.45, 2.75) is 45.1 Å². The van der Waals surface area contributed by atoms with Gasteiger partial charge >= 0.3 is 5.97 Å². The molecule has 0 aromatic carbocycles. The third-order valence-electron chi connectivity index (χ3n) is 3.06. The van der Waals surface area contributed by atoms with Crippen molar-refractivity contribution in [3.8, 4) is 0 Å². The van der Waals surface area contributed by atoms with Crippen molar-refractivity contribution in [2.75, 3.05) is 6.61 Å².